The van der Waals surface area contributed by atoms with Crippen LogP contribution in [-0.4, -0.2) is 11.9 Å². The van der Waals surface area contributed by atoms with E-state index < -0.39 is 0 Å². The molecule has 1 aromatic carbocycles. The van der Waals surface area contributed by atoms with Gasteiger partial charge in [-0.1, -0.05) is 57.4 Å². The molecular formula is C17H28N2O. The molecule has 1 aromatic rings. The topological polar surface area (TPSA) is 55.1 Å². The fourth-order valence-corrected chi connectivity index (χ4v) is 2.47. The zero-order chi connectivity index (χ0) is 14.8. The molecule has 3 heteroatoms. The van der Waals surface area contributed by atoms with E-state index in [1.165, 1.54) is 12.8 Å². The van der Waals surface area contributed by atoms with E-state index >= 15 is 0 Å². The van der Waals surface area contributed by atoms with Crippen LogP contribution in [0.2, 0.25) is 0 Å². The van der Waals surface area contributed by atoms with Crippen LogP contribution < -0.4 is 11.1 Å². The average molecular weight is 276 g/mol. The van der Waals surface area contributed by atoms with Gasteiger partial charge in [0.2, 0.25) is 5.91 Å². The summed E-state index contributed by atoms with van der Waals surface area (Å²) in [5.41, 5.74) is 7.81. The van der Waals surface area contributed by atoms with Crippen LogP contribution in [0.3, 0.4) is 0 Å². The van der Waals surface area contributed by atoms with Crippen molar-refractivity contribution in [1.29, 1.82) is 0 Å². The van der Waals surface area contributed by atoms with Gasteiger partial charge in [-0.3, -0.25) is 4.79 Å². The van der Waals surface area contributed by atoms with E-state index in [-0.39, 0.29) is 5.91 Å². The Morgan fingerprint density at radius 2 is 1.85 bits per heavy atom. The van der Waals surface area contributed by atoms with Crippen molar-refractivity contribution in [3.05, 3.63) is 35.4 Å². The lowest BCUT2D eigenvalue weighted by Crippen LogP contribution is -2.36. The highest BCUT2D eigenvalue weighted by molar-refractivity contribution is 5.79. The van der Waals surface area contributed by atoms with E-state index in [0.717, 1.165) is 30.4 Å². The summed E-state index contributed by atoms with van der Waals surface area (Å²) < 4.78 is 0. The molecule has 3 nitrogen and oxygen atoms in total. The monoisotopic (exact) mass is 276 g/mol. The minimum atomic E-state index is 0.112. The second-order valence-electron chi connectivity index (χ2n) is 5.34. The van der Waals surface area contributed by atoms with Crippen LogP contribution in [-0.2, 0) is 17.8 Å². The van der Waals surface area contributed by atoms with Crippen LogP contribution in [0.4, 0.5) is 0 Å². The van der Waals surface area contributed by atoms with Crippen LogP contribution in [0.15, 0.2) is 24.3 Å². The molecule has 0 aromatic heterocycles. The maximum atomic E-state index is 12.2. The Balaban J connectivity index is 2.56. The third-order valence-electron chi connectivity index (χ3n) is 3.60. The van der Waals surface area contributed by atoms with E-state index in [4.69, 9.17) is 5.73 Å². The van der Waals surface area contributed by atoms with Crippen LogP contribution >= 0.6 is 0 Å². The smallest absolute Gasteiger partial charge is 0.224 e. The largest absolute Gasteiger partial charge is 0.353 e. The SMILES string of the molecule is CCCCC(CCC)NC(=O)Cc1ccccc1CN. The normalized spacial score (nSPS) is 12.2. The van der Waals surface area contributed by atoms with E-state index in [9.17, 15) is 4.79 Å². The number of hydrogen-bond acceptors (Lipinski definition) is 2. The number of nitrogens with one attached hydrogen (secondary N) is 1. The van der Waals surface area contributed by atoms with Crippen molar-refractivity contribution in [2.45, 2.75) is 65.0 Å². The fraction of sp³-hybridized carbons (Fsp3) is 0.588. The Morgan fingerprint density at radius 1 is 1.15 bits per heavy atom. The molecule has 0 aliphatic heterocycles. The van der Waals surface area contributed by atoms with Crippen molar-refractivity contribution < 1.29 is 4.79 Å². The summed E-state index contributed by atoms with van der Waals surface area (Å²) in [5.74, 6) is 0.112. The van der Waals surface area contributed by atoms with Gasteiger partial charge in [-0.2, -0.15) is 0 Å². The van der Waals surface area contributed by atoms with Gasteiger partial charge in [0.1, 0.15) is 0 Å². The number of carbonyl (C=O) groups is 1. The van der Waals surface area contributed by atoms with E-state index in [1.807, 2.05) is 24.3 Å². The molecule has 0 aliphatic rings. The molecule has 0 aliphatic carbocycles. The summed E-state index contributed by atoms with van der Waals surface area (Å²) in [5, 5.41) is 3.17. The van der Waals surface area contributed by atoms with Crippen LogP contribution in [0.5, 0.6) is 0 Å². The molecule has 0 bridgehead atoms. The van der Waals surface area contributed by atoms with Gasteiger partial charge in [0.25, 0.3) is 0 Å². The van der Waals surface area contributed by atoms with Crippen molar-refractivity contribution >= 4 is 5.91 Å². The molecule has 0 saturated carbocycles. The summed E-state index contributed by atoms with van der Waals surface area (Å²) in [6.07, 6.45) is 6.02. The maximum absolute atomic E-state index is 12.2. The Morgan fingerprint density at radius 3 is 2.45 bits per heavy atom. The van der Waals surface area contributed by atoms with Crippen molar-refractivity contribution in [3.63, 3.8) is 0 Å². The third kappa shape index (κ3) is 5.74. The molecule has 1 rings (SSSR count). The highest BCUT2D eigenvalue weighted by Crippen LogP contribution is 2.11. The first kappa shape index (κ1) is 16.7. The van der Waals surface area contributed by atoms with Crippen LogP contribution in [0, 0.1) is 0 Å². The Bertz CT molecular complexity index is 404. The van der Waals surface area contributed by atoms with Crippen LogP contribution in [0.25, 0.3) is 0 Å². The van der Waals surface area contributed by atoms with Crippen molar-refractivity contribution in [2.24, 2.45) is 5.73 Å². The Labute approximate surface area is 122 Å². The first-order chi connectivity index (χ1) is 9.71. The highest BCUT2D eigenvalue weighted by atomic mass is 16.1. The minimum Gasteiger partial charge on any atom is -0.353 e. The number of nitrogens with two attached hydrogens (primary N) is 1. The average Bonchev–Trinajstić information content (AvgIpc) is 2.45. The van der Waals surface area contributed by atoms with Gasteiger partial charge < -0.3 is 11.1 Å². The maximum Gasteiger partial charge on any atom is 0.224 e. The number of carbonyl (C=O) groups excluding carboxylic acids is 1. The molecule has 0 radical (unpaired) electrons. The molecule has 0 saturated heterocycles. The summed E-state index contributed by atoms with van der Waals surface area (Å²) in [6.45, 7) is 4.83. The molecular weight excluding hydrogens is 248 g/mol. The van der Waals surface area contributed by atoms with Gasteiger partial charge in [-0.05, 0) is 24.0 Å². The summed E-state index contributed by atoms with van der Waals surface area (Å²) in [4.78, 5) is 12.2. The zero-order valence-electron chi connectivity index (χ0n) is 12.8. The number of amides is 1. The first-order valence-electron chi connectivity index (χ1n) is 7.77. The fourth-order valence-electron chi connectivity index (χ4n) is 2.47. The summed E-state index contributed by atoms with van der Waals surface area (Å²) in [6, 6.07) is 8.22. The van der Waals surface area contributed by atoms with Crippen LogP contribution in [0.1, 0.15) is 57.1 Å². The summed E-state index contributed by atoms with van der Waals surface area (Å²) in [7, 11) is 0. The number of hydrogen-bond donors (Lipinski definition) is 2. The molecule has 0 heterocycles. The van der Waals surface area contributed by atoms with Gasteiger partial charge in [0.05, 0.1) is 6.42 Å². The van der Waals surface area contributed by atoms with Gasteiger partial charge in [-0.15, -0.1) is 0 Å². The van der Waals surface area contributed by atoms with E-state index in [0.29, 0.717) is 19.0 Å². The lowest BCUT2D eigenvalue weighted by atomic mass is 10.0. The third-order valence-corrected chi connectivity index (χ3v) is 3.60. The molecule has 20 heavy (non-hydrogen) atoms. The Kier molecular flexibility index (Phi) is 7.97. The van der Waals surface area contributed by atoms with Crippen molar-refractivity contribution in [1.82, 2.24) is 5.32 Å². The minimum absolute atomic E-state index is 0.112. The van der Waals surface area contributed by atoms with Gasteiger partial charge in [-0.25, -0.2) is 0 Å². The van der Waals surface area contributed by atoms with Gasteiger partial charge in [0.15, 0.2) is 0 Å². The van der Waals surface area contributed by atoms with Crippen molar-refractivity contribution in [2.75, 3.05) is 0 Å². The second kappa shape index (κ2) is 9.54. The molecule has 1 atom stereocenters. The number of rotatable bonds is 9. The number of benzene rings is 1. The lowest BCUT2D eigenvalue weighted by molar-refractivity contribution is -0.121. The van der Waals surface area contributed by atoms with E-state index in [1.54, 1.807) is 0 Å². The first-order valence-corrected chi connectivity index (χ1v) is 7.77. The second-order valence-corrected chi connectivity index (χ2v) is 5.34. The zero-order valence-corrected chi connectivity index (χ0v) is 12.8. The molecule has 1 amide bonds. The Hall–Kier alpha value is -1.35. The number of unbranched alkanes of at least 4 members (excludes halogenated alkanes) is 1. The molecule has 3 N–H and O–H groups in total. The quantitative estimate of drug-likeness (QED) is 0.728. The van der Waals surface area contributed by atoms with Gasteiger partial charge >= 0.3 is 0 Å². The lowest BCUT2D eigenvalue weighted by Gasteiger charge is -2.18. The molecule has 1 unspecified atom stereocenters. The highest BCUT2D eigenvalue weighted by Gasteiger charge is 2.12. The molecule has 0 fully saturated rings. The van der Waals surface area contributed by atoms with E-state index in [2.05, 4.69) is 19.2 Å². The molecule has 112 valence electrons. The van der Waals surface area contributed by atoms with Gasteiger partial charge in [0, 0.05) is 12.6 Å². The standard InChI is InChI=1S/C17H28N2O/c1-3-5-11-16(8-4-2)19-17(20)12-14-9-6-7-10-15(14)13-18/h6-7,9-10,16H,3-5,8,11-13,18H2,1-2H3,(H,19,20). The van der Waals surface area contributed by atoms with Crippen molar-refractivity contribution in [3.8, 4) is 0 Å². The predicted octanol–water partition coefficient (Wildman–Crippen LogP) is 3.16. The molecule has 0 spiro atoms. The predicted molar refractivity (Wildman–Crippen MR) is 84.4 cm³/mol. The summed E-state index contributed by atoms with van der Waals surface area (Å²) >= 11 is 0.